The van der Waals surface area contributed by atoms with Crippen molar-refractivity contribution >= 4 is 5.91 Å². The summed E-state index contributed by atoms with van der Waals surface area (Å²) >= 11 is 0. The Morgan fingerprint density at radius 1 is 1.33 bits per heavy atom. The molecule has 0 spiro atoms. The number of ether oxygens (including phenoxy) is 1. The number of imidazole rings is 1. The fraction of sp³-hybridized carbons (Fsp3) is 0.550. The first-order valence-electron chi connectivity index (χ1n) is 9.66. The van der Waals surface area contributed by atoms with Crippen LogP contribution in [-0.4, -0.2) is 45.0 Å². The van der Waals surface area contributed by atoms with Crippen LogP contribution >= 0.6 is 0 Å². The van der Waals surface area contributed by atoms with E-state index in [4.69, 9.17) is 4.74 Å². The summed E-state index contributed by atoms with van der Waals surface area (Å²) in [5.74, 6) is 0.551. The molecule has 4 rings (SSSR count). The Hall–Kier alpha value is -2.41. The minimum atomic E-state index is -0.204. The van der Waals surface area contributed by atoms with Crippen LogP contribution in [0.3, 0.4) is 0 Å². The molecule has 3 heterocycles. The summed E-state index contributed by atoms with van der Waals surface area (Å²) in [4.78, 5) is 24.2. The molecule has 144 valence electrons. The van der Waals surface area contributed by atoms with Gasteiger partial charge in [-0.25, -0.2) is 9.97 Å². The minimum absolute atomic E-state index is 0.120. The monoisotopic (exact) mass is 369 g/mol. The zero-order valence-corrected chi connectivity index (χ0v) is 16.0. The second-order valence-corrected chi connectivity index (χ2v) is 7.57. The van der Waals surface area contributed by atoms with Crippen molar-refractivity contribution in [3.63, 3.8) is 0 Å². The molecule has 0 unspecified atom stereocenters. The van der Waals surface area contributed by atoms with Gasteiger partial charge in [-0.3, -0.25) is 9.69 Å². The largest absolute Gasteiger partial charge is 0.481 e. The number of nitrogens with zero attached hydrogens (tertiary/aromatic N) is 4. The number of carbonyl (C=O) groups is 1. The van der Waals surface area contributed by atoms with Crippen molar-refractivity contribution < 1.29 is 9.53 Å². The molecule has 7 nitrogen and oxygen atoms in total. The van der Waals surface area contributed by atoms with Gasteiger partial charge in [-0.15, -0.1) is 0 Å². The van der Waals surface area contributed by atoms with E-state index in [2.05, 4.69) is 20.2 Å². The first-order chi connectivity index (χ1) is 13.2. The predicted octanol–water partition coefficient (Wildman–Crippen LogP) is 1.98. The average molecular weight is 369 g/mol. The lowest BCUT2D eigenvalue weighted by atomic mass is 9.96. The lowest BCUT2D eigenvalue weighted by molar-refractivity contribution is -0.124. The van der Waals surface area contributed by atoms with Crippen LogP contribution in [0.15, 0.2) is 24.7 Å². The fourth-order valence-electron chi connectivity index (χ4n) is 4.35. The van der Waals surface area contributed by atoms with Gasteiger partial charge in [0.1, 0.15) is 0 Å². The highest BCUT2D eigenvalue weighted by molar-refractivity contribution is 5.84. The van der Waals surface area contributed by atoms with Crippen LogP contribution < -0.4 is 10.1 Å². The van der Waals surface area contributed by atoms with Gasteiger partial charge in [0, 0.05) is 44.5 Å². The molecule has 1 aliphatic carbocycles. The molecule has 1 saturated carbocycles. The number of carbonyl (C=O) groups excluding carboxylic acids is 1. The topological polar surface area (TPSA) is 72.3 Å². The van der Waals surface area contributed by atoms with Crippen molar-refractivity contribution in [1.82, 2.24) is 24.8 Å². The molecule has 7 heteroatoms. The maximum Gasteiger partial charge on any atom is 0.230 e. The average Bonchev–Trinajstić information content (AvgIpc) is 3.31. The molecular formula is C20H27N5O2. The summed E-state index contributed by atoms with van der Waals surface area (Å²) < 4.78 is 7.38. The van der Waals surface area contributed by atoms with Gasteiger partial charge in [0.2, 0.25) is 11.8 Å². The SMILES string of the molecule is COc1ncccc1CN1Cc2ncn(C)c2[C@H](C(=O)NC2CCCC2)C1. The molecule has 0 bridgehead atoms. The summed E-state index contributed by atoms with van der Waals surface area (Å²) in [7, 11) is 3.61. The van der Waals surface area contributed by atoms with E-state index in [0.717, 1.165) is 36.3 Å². The summed E-state index contributed by atoms with van der Waals surface area (Å²) in [6.07, 6.45) is 8.14. The van der Waals surface area contributed by atoms with E-state index in [9.17, 15) is 4.79 Å². The lowest BCUT2D eigenvalue weighted by Crippen LogP contribution is -2.44. The maximum absolute atomic E-state index is 13.1. The summed E-state index contributed by atoms with van der Waals surface area (Å²) in [5, 5.41) is 3.27. The lowest BCUT2D eigenvalue weighted by Gasteiger charge is -2.33. The van der Waals surface area contributed by atoms with Gasteiger partial charge in [0.15, 0.2) is 0 Å². The number of fused-ring (bicyclic) bond motifs is 1. The zero-order valence-electron chi connectivity index (χ0n) is 16.0. The summed E-state index contributed by atoms with van der Waals surface area (Å²) in [6.45, 7) is 2.07. The Morgan fingerprint density at radius 2 is 2.15 bits per heavy atom. The van der Waals surface area contributed by atoms with Crippen LogP contribution in [0.25, 0.3) is 0 Å². The predicted molar refractivity (Wildman–Crippen MR) is 101 cm³/mol. The van der Waals surface area contributed by atoms with E-state index in [1.54, 1.807) is 13.3 Å². The van der Waals surface area contributed by atoms with Crippen LogP contribution in [0.5, 0.6) is 5.88 Å². The molecule has 1 N–H and O–H groups in total. The maximum atomic E-state index is 13.1. The highest BCUT2D eigenvalue weighted by Gasteiger charge is 2.35. The quantitative estimate of drug-likeness (QED) is 0.873. The Bertz CT molecular complexity index is 812. The van der Waals surface area contributed by atoms with E-state index in [1.807, 2.05) is 30.1 Å². The van der Waals surface area contributed by atoms with Crippen LogP contribution in [0.2, 0.25) is 0 Å². The molecule has 2 aromatic heterocycles. The van der Waals surface area contributed by atoms with E-state index in [-0.39, 0.29) is 11.8 Å². The van der Waals surface area contributed by atoms with E-state index in [1.165, 1.54) is 12.8 Å². The number of amides is 1. The van der Waals surface area contributed by atoms with Crippen molar-refractivity contribution in [1.29, 1.82) is 0 Å². The number of aryl methyl sites for hydroxylation is 1. The Balaban J connectivity index is 1.55. The molecule has 1 amide bonds. The summed E-state index contributed by atoms with van der Waals surface area (Å²) in [6, 6.07) is 4.26. The number of pyridine rings is 1. The van der Waals surface area contributed by atoms with Gasteiger partial charge < -0.3 is 14.6 Å². The van der Waals surface area contributed by atoms with Gasteiger partial charge in [0.25, 0.3) is 0 Å². The first kappa shape index (κ1) is 18.0. The highest BCUT2D eigenvalue weighted by atomic mass is 16.5. The van der Waals surface area contributed by atoms with Gasteiger partial charge >= 0.3 is 0 Å². The highest BCUT2D eigenvalue weighted by Crippen LogP contribution is 2.30. The number of hydrogen-bond donors (Lipinski definition) is 1. The third-order valence-corrected chi connectivity index (χ3v) is 5.66. The van der Waals surface area contributed by atoms with Crippen LogP contribution in [0, 0.1) is 0 Å². The molecule has 27 heavy (non-hydrogen) atoms. The molecule has 0 saturated heterocycles. The van der Waals surface area contributed by atoms with Crippen molar-refractivity contribution in [2.75, 3.05) is 13.7 Å². The molecule has 0 aromatic carbocycles. The van der Waals surface area contributed by atoms with Gasteiger partial charge in [0.05, 0.1) is 30.7 Å². The zero-order chi connectivity index (χ0) is 18.8. The Morgan fingerprint density at radius 3 is 2.93 bits per heavy atom. The molecule has 2 aliphatic rings. The first-order valence-corrected chi connectivity index (χ1v) is 9.66. The Labute approximate surface area is 159 Å². The second-order valence-electron chi connectivity index (χ2n) is 7.57. The van der Waals surface area contributed by atoms with Gasteiger partial charge in [-0.05, 0) is 18.9 Å². The standard InChI is InChI=1S/C20H27N5O2/c1-24-13-22-17-12-25(10-14-6-5-9-21-20(14)27-2)11-16(18(17)24)19(26)23-15-7-3-4-8-15/h5-6,9,13,15-16H,3-4,7-8,10-12H2,1-2H3,(H,23,26)/t16-/m1/s1. The van der Waals surface area contributed by atoms with Crippen LogP contribution in [0.4, 0.5) is 0 Å². The molecular weight excluding hydrogens is 342 g/mol. The smallest absolute Gasteiger partial charge is 0.230 e. The Kier molecular flexibility index (Phi) is 5.11. The number of hydrogen-bond acceptors (Lipinski definition) is 5. The van der Waals surface area contributed by atoms with Crippen molar-refractivity contribution in [3.8, 4) is 5.88 Å². The molecule has 0 radical (unpaired) electrons. The van der Waals surface area contributed by atoms with Crippen molar-refractivity contribution in [3.05, 3.63) is 41.6 Å². The van der Waals surface area contributed by atoms with Gasteiger partial charge in [-0.1, -0.05) is 18.9 Å². The van der Waals surface area contributed by atoms with E-state index >= 15 is 0 Å². The fourth-order valence-corrected chi connectivity index (χ4v) is 4.35. The van der Waals surface area contributed by atoms with Crippen molar-refractivity contribution in [2.45, 2.75) is 50.7 Å². The number of nitrogens with one attached hydrogen (secondary N) is 1. The number of rotatable bonds is 5. The third kappa shape index (κ3) is 3.69. The normalized spacial score (nSPS) is 20.4. The number of methoxy groups -OCH3 is 1. The molecule has 1 aliphatic heterocycles. The van der Waals surface area contributed by atoms with E-state index in [0.29, 0.717) is 25.0 Å². The minimum Gasteiger partial charge on any atom is -0.481 e. The molecule has 1 atom stereocenters. The van der Waals surface area contributed by atoms with Crippen molar-refractivity contribution in [2.24, 2.45) is 7.05 Å². The molecule has 1 fully saturated rings. The third-order valence-electron chi connectivity index (χ3n) is 5.66. The second kappa shape index (κ2) is 7.68. The summed E-state index contributed by atoms with van der Waals surface area (Å²) in [5.41, 5.74) is 3.05. The molecule has 2 aromatic rings. The van der Waals surface area contributed by atoms with Crippen LogP contribution in [-0.2, 0) is 24.9 Å². The van der Waals surface area contributed by atoms with Gasteiger partial charge in [-0.2, -0.15) is 0 Å². The van der Waals surface area contributed by atoms with E-state index < -0.39 is 0 Å². The van der Waals surface area contributed by atoms with Crippen LogP contribution in [0.1, 0.15) is 48.6 Å². The number of aromatic nitrogens is 3.